The molecule has 2 N–H and O–H groups in total. The van der Waals surface area contributed by atoms with Crippen molar-refractivity contribution in [2.45, 2.75) is 38.4 Å². The van der Waals surface area contributed by atoms with Crippen molar-refractivity contribution in [2.75, 3.05) is 6.54 Å². The Bertz CT molecular complexity index is 347. The fraction of sp³-hybridized carbons (Fsp3) is 0.538. The molecule has 0 aliphatic carbocycles. The van der Waals surface area contributed by atoms with Crippen LogP contribution in [0.4, 0.5) is 0 Å². The van der Waals surface area contributed by atoms with E-state index >= 15 is 0 Å². The Morgan fingerprint density at radius 1 is 1.31 bits per heavy atom. The first kappa shape index (κ1) is 12.1. The van der Waals surface area contributed by atoms with Crippen molar-refractivity contribution in [3.63, 3.8) is 0 Å². The van der Waals surface area contributed by atoms with Gasteiger partial charge in [0.2, 0.25) is 0 Å². The van der Waals surface area contributed by atoms with Crippen LogP contribution >= 0.6 is 15.9 Å². The smallest absolute Gasteiger partial charge is 0.0502 e. The van der Waals surface area contributed by atoms with Crippen LogP contribution in [0.25, 0.3) is 0 Å². The molecule has 1 aromatic rings. The summed E-state index contributed by atoms with van der Waals surface area (Å²) in [4.78, 5) is 2.49. The van der Waals surface area contributed by atoms with Crippen LogP contribution in [0.2, 0.25) is 0 Å². The van der Waals surface area contributed by atoms with Crippen molar-refractivity contribution in [1.82, 2.24) is 4.90 Å². The van der Waals surface area contributed by atoms with Gasteiger partial charge in [-0.2, -0.15) is 0 Å². The first-order valence-electron chi connectivity index (χ1n) is 5.86. The highest BCUT2D eigenvalue weighted by atomic mass is 79.9. The molecule has 0 spiro atoms. The minimum absolute atomic E-state index is 0.267. The number of likely N-dealkylation sites (tertiary alicyclic amines) is 1. The van der Waals surface area contributed by atoms with E-state index in [1.807, 2.05) is 0 Å². The van der Waals surface area contributed by atoms with Gasteiger partial charge in [0.05, 0.1) is 6.04 Å². The summed E-state index contributed by atoms with van der Waals surface area (Å²) in [6.45, 7) is 5.59. The Hall–Kier alpha value is -0.380. The van der Waals surface area contributed by atoms with Gasteiger partial charge in [-0.1, -0.05) is 28.1 Å². The van der Waals surface area contributed by atoms with Crippen LogP contribution in [0.15, 0.2) is 28.7 Å². The predicted molar refractivity (Wildman–Crippen MR) is 71.3 cm³/mol. The maximum atomic E-state index is 6.22. The molecule has 1 aliphatic heterocycles. The fourth-order valence-corrected chi connectivity index (χ4v) is 2.78. The zero-order valence-corrected chi connectivity index (χ0v) is 11.4. The van der Waals surface area contributed by atoms with Gasteiger partial charge in [-0.25, -0.2) is 0 Å². The van der Waals surface area contributed by atoms with Gasteiger partial charge < -0.3 is 5.73 Å². The average molecular weight is 283 g/mol. The summed E-state index contributed by atoms with van der Waals surface area (Å²) >= 11 is 3.47. The molecule has 1 saturated heterocycles. The Morgan fingerprint density at radius 2 is 1.94 bits per heavy atom. The van der Waals surface area contributed by atoms with Crippen molar-refractivity contribution in [2.24, 2.45) is 5.73 Å². The van der Waals surface area contributed by atoms with Gasteiger partial charge in [0, 0.05) is 23.1 Å². The van der Waals surface area contributed by atoms with Crippen molar-refractivity contribution in [3.05, 3.63) is 34.3 Å². The van der Waals surface area contributed by atoms with Crippen molar-refractivity contribution < 1.29 is 0 Å². The van der Waals surface area contributed by atoms with Crippen molar-refractivity contribution >= 4 is 15.9 Å². The van der Waals surface area contributed by atoms with E-state index in [0.717, 1.165) is 17.4 Å². The summed E-state index contributed by atoms with van der Waals surface area (Å²) < 4.78 is 1.12. The van der Waals surface area contributed by atoms with Crippen LogP contribution < -0.4 is 5.73 Å². The SMILES string of the molecule is CC(C)N1CC[C@@H](N)[C@@H]1c1ccc(Br)cc1. The molecule has 0 aromatic heterocycles. The molecule has 1 aliphatic rings. The normalized spacial score (nSPS) is 26.6. The van der Waals surface area contributed by atoms with Gasteiger partial charge in [0.1, 0.15) is 0 Å². The van der Waals surface area contributed by atoms with Crippen LogP contribution in [0.5, 0.6) is 0 Å². The number of hydrogen-bond donors (Lipinski definition) is 1. The molecule has 3 heteroatoms. The highest BCUT2D eigenvalue weighted by Crippen LogP contribution is 2.33. The first-order valence-corrected chi connectivity index (χ1v) is 6.65. The van der Waals surface area contributed by atoms with E-state index < -0.39 is 0 Å². The third-order valence-corrected chi connectivity index (χ3v) is 3.89. The molecular weight excluding hydrogens is 264 g/mol. The van der Waals surface area contributed by atoms with E-state index in [-0.39, 0.29) is 6.04 Å². The largest absolute Gasteiger partial charge is 0.326 e. The minimum Gasteiger partial charge on any atom is -0.326 e. The molecule has 0 unspecified atom stereocenters. The van der Waals surface area contributed by atoms with Crippen LogP contribution in [0, 0.1) is 0 Å². The van der Waals surface area contributed by atoms with Gasteiger partial charge in [-0.05, 0) is 38.0 Å². The third-order valence-electron chi connectivity index (χ3n) is 3.36. The lowest BCUT2D eigenvalue weighted by Gasteiger charge is -2.30. The number of halogens is 1. The molecule has 0 radical (unpaired) electrons. The van der Waals surface area contributed by atoms with Crippen LogP contribution in [0.1, 0.15) is 31.9 Å². The molecule has 16 heavy (non-hydrogen) atoms. The van der Waals surface area contributed by atoms with Gasteiger partial charge in [-0.3, -0.25) is 4.90 Å². The molecule has 0 bridgehead atoms. The number of nitrogens with two attached hydrogens (primary N) is 1. The summed E-state index contributed by atoms with van der Waals surface area (Å²) in [5.74, 6) is 0. The number of benzene rings is 1. The highest BCUT2D eigenvalue weighted by molar-refractivity contribution is 9.10. The molecule has 1 aromatic carbocycles. The Morgan fingerprint density at radius 3 is 2.50 bits per heavy atom. The maximum Gasteiger partial charge on any atom is 0.0502 e. The molecular formula is C13H19BrN2. The van der Waals surface area contributed by atoms with E-state index in [1.165, 1.54) is 5.56 Å². The Kier molecular flexibility index (Phi) is 3.67. The maximum absolute atomic E-state index is 6.22. The van der Waals surface area contributed by atoms with E-state index in [0.29, 0.717) is 12.1 Å². The Labute approximate surface area is 106 Å². The van der Waals surface area contributed by atoms with Gasteiger partial charge in [0.25, 0.3) is 0 Å². The molecule has 2 nitrogen and oxygen atoms in total. The molecule has 2 rings (SSSR count). The molecule has 0 saturated carbocycles. The van der Waals surface area contributed by atoms with Crippen molar-refractivity contribution in [1.29, 1.82) is 0 Å². The second-order valence-electron chi connectivity index (χ2n) is 4.78. The molecule has 1 fully saturated rings. The molecule has 1 heterocycles. The first-order chi connectivity index (χ1) is 7.59. The third kappa shape index (κ3) is 2.31. The average Bonchev–Trinajstić information content (AvgIpc) is 2.62. The van der Waals surface area contributed by atoms with E-state index in [1.54, 1.807) is 0 Å². The van der Waals surface area contributed by atoms with Crippen LogP contribution in [-0.2, 0) is 0 Å². The van der Waals surface area contributed by atoms with E-state index in [4.69, 9.17) is 5.73 Å². The predicted octanol–water partition coefficient (Wildman–Crippen LogP) is 2.93. The minimum atomic E-state index is 0.267. The molecule has 0 amide bonds. The second-order valence-corrected chi connectivity index (χ2v) is 5.70. The number of nitrogens with zero attached hydrogens (tertiary/aromatic N) is 1. The monoisotopic (exact) mass is 282 g/mol. The topological polar surface area (TPSA) is 29.3 Å². The van der Waals surface area contributed by atoms with Crippen molar-refractivity contribution in [3.8, 4) is 0 Å². The van der Waals surface area contributed by atoms with Crippen LogP contribution in [0.3, 0.4) is 0 Å². The summed E-state index contributed by atoms with van der Waals surface area (Å²) in [5, 5.41) is 0. The summed E-state index contributed by atoms with van der Waals surface area (Å²) in [6, 6.07) is 9.75. The highest BCUT2D eigenvalue weighted by Gasteiger charge is 2.33. The second kappa shape index (κ2) is 4.86. The molecule has 2 atom stereocenters. The van der Waals surface area contributed by atoms with E-state index in [2.05, 4.69) is 58.9 Å². The summed E-state index contributed by atoms with van der Waals surface area (Å²) in [5.41, 5.74) is 7.56. The zero-order chi connectivity index (χ0) is 11.7. The summed E-state index contributed by atoms with van der Waals surface area (Å²) in [6.07, 6.45) is 1.10. The van der Waals surface area contributed by atoms with E-state index in [9.17, 15) is 0 Å². The molecule has 88 valence electrons. The Balaban J connectivity index is 2.26. The quantitative estimate of drug-likeness (QED) is 0.904. The number of hydrogen-bond acceptors (Lipinski definition) is 2. The fourth-order valence-electron chi connectivity index (χ4n) is 2.52. The van der Waals surface area contributed by atoms with Crippen LogP contribution in [-0.4, -0.2) is 23.5 Å². The van der Waals surface area contributed by atoms with Gasteiger partial charge >= 0.3 is 0 Å². The lowest BCUT2D eigenvalue weighted by Crippen LogP contribution is -2.35. The summed E-state index contributed by atoms with van der Waals surface area (Å²) in [7, 11) is 0. The zero-order valence-electron chi connectivity index (χ0n) is 9.86. The lowest BCUT2D eigenvalue weighted by atomic mass is 10.0. The standard InChI is InChI=1S/C13H19BrN2/c1-9(2)16-8-7-12(15)13(16)10-3-5-11(14)6-4-10/h3-6,9,12-13H,7-8,15H2,1-2H3/t12-,13+/m1/s1. The lowest BCUT2D eigenvalue weighted by molar-refractivity contribution is 0.198. The van der Waals surface area contributed by atoms with Gasteiger partial charge in [0.15, 0.2) is 0 Å². The number of rotatable bonds is 2. The van der Waals surface area contributed by atoms with Gasteiger partial charge in [-0.15, -0.1) is 0 Å².